The second-order valence-electron chi connectivity index (χ2n) is 9.27. The van der Waals surface area contributed by atoms with Crippen LogP contribution >= 0.6 is 0 Å². The molecule has 1 amide bonds. The predicted molar refractivity (Wildman–Crippen MR) is 136 cm³/mol. The van der Waals surface area contributed by atoms with Crippen molar-refractivity contribution in [2.45, 2.75) is 57.8 Å². The summed E-state index contributed by atoms with van der Waals surface area (Å²) in [4.78, 5) is 25.4. The van der Waals surface area contributed by atoms with Gasteiger partial charge in [0, 0.05) is 5.39 Å². The number of hydrogen-bond donors (Lipinski definition) is 2. The molecule has 35 heavy (non-hydrogen) atoms. The highest BCUT2D eigenvalue weighted by Crippen LogP contribution is 2.32. The third-order valence-corrected chi connectivity index (χ3v) is 6.69. The summed E-state index contributed by atoms with van der Waals surface area (Å²) in [6, 6.07) is 19.7. The normalized spacial score (nSPS) is 15.9. The van der Waals surface area contributed by atoms with E-state index in [-0.39, 0.29) is 6.61 Å². The lowest BCUT2D eigenvalue weighted by Crippen LogP contribution is -2.48. The average Bonchev–Trinajstić information content (AvgIpc) is 2.89. The highest BCUT2D eigenvalue weighted by molar-refractivity contribution is 6.04. The summed E-state index contributed by atoms with van der Waals surface area (Å²) in [5.74, 6) is -0.661. The van der Waals surface area contributed by atoms with E-state index in [1.807, 2.05) is 60.7 Å². The number of ether oxygens (including phenoxy) is 2. The molecule has 2 atom stereocenters. The number of fused-ring (bicyclic) bond motifs is 1. The van der Waals surface area contributed by atoms with Crippen LogP contribution in [0, 0.1) is 5.92 Å². The third-order valence-electron chi connectivity index (χ3n) is 6.69. The molecule has 3 aromatic rings. The molecule has 1 aliphatic rings. The minimum absolute atomic E-state index is 0.257. The molecule has 6 heteroatoms. The largest absolute Gasteiger partial charge is 0.492 e. The summed E-state index contributed by atoms with van der Waals surface area (Å²) >= 11 is 0. The van der Waals surface area contributed by atoms with E-state index in [0.29, 0.717) is 23.8 Å². The fraction of sp³-hybridized carbons (Fsp3) is 0.379. The van der Waals surface area contributed by atoms with Gasteiger partial charge in [-0.05, 0) is 42.7 Å². The molecule has 0 spiro atoms. The van der Waals surface area contributed by atoms with E-state index in [2.05, 4.69) is 5.32 Å². The lowest BCUT2D eigenvalue weighted by molar-refractivity contribution is -0.143. The van der Waals surface area contributed by atoms with Crippen molar-refractivity contribution in [2.24, 2.45) is 5.92 Å². The fourth-order valence-corrected chi connectivity index (χ4v) is 4.63. The minimum atomic E-state index is -1.20. The SMILES string of the molecule is C[C@@H](OCc1ccccc1)[C@H](NC(=O)c1ccc2ccccc2c1OCC1CCCCC1)C(=O)O. The summed E-state index contributed by atoms with van der Waals surface area (Å²) in [7, 11) is 0. The maximum absolute atomic E-state index is 13.3. The Kier molecular flexibility index (Phi) is 8.37. The van der Waals surface area contributed by atoms with E-state index < -0.39 is 24.0 Å². The quantitative estimate of drug-likeness (QED) is 0.399. The Hall–Kier alpha value is -3.38. The summed E-state index contributed by atoms with van der Waals surface area (Å²) in [6.07, 6.45) is 5.20. The van der Waals surface area contributed by atoms with Crippen molar-refractivity contribution < 1.29 is 24.2 Å². The topological polar surface area (TPSA) is 84.9 Å². The second-order valence-corrected chi connectivity index (χ2v) is 9.27. The zero-order chi connectivity index (χ0) is 24.6. The van der Waals surface area contributed by atoms with Crippen molar-refractivity contribution in [3.8, 4) is 5.75 Å². The number of carbonyl (C=O) groups is 2. The van der Waals surface area contributed by atoms with Gasteiger partial charge >= 0.3 is 5.97 Å². The maximum atomic E-state index is 13.3. The van der Waals surface area contributed by atoms with E-state index in [1.54, 1.807) is 13.0 Å². The predicted octanol–water partition coefficient (Wildman–Crippen LogP) is 5.59. The smallest absolute Gasteiger partial charge is 0.328 e. The number of amides is 1. The van der Waals surface area contributed by atoms with Gasteiger partial charge in [0.1, 0.15) is 5.75 Å². The molecule has 0 aliphatic heterocycles. The van der Waals surface area contributed by atoms with Crippen LogP contribution in [-0.2, 0) is 16.1 Å². The van der Waals surface area contributed by atoms with Gasteiger partial charge in [-0.2, -0.15) is 0 Å². The molecule has 1 fully saturated rings. The number of carbonyl (C=O) groups excluding carboxylic acids is 1. The van der Waals surface area contributed by atoms with Crippen LogP contribution in [-0.4, -0.2) is 35.7 Å². The first kappa shape index (κ1) is 24.7. The monoisotopic (exact) mass is 475 g/mol. The molecular weight excluding hydrogens is 442 g/mol. The molecule has 0 aromatic heterocycles. The Bertz CT molecular complexity index is 1140. The molecule has 0 radical (unpaired) electrons. The zero-order valence-electron chi connectivity index (χ0n) is 20.1. The highest BCUT2D eigenvalue weighted by atomic mass is 16.5. The van der Waals surface area contributed by atoms with Gasteiger partial charge in [0.05, 0.1) is 24.9 Å². The number of rotatable bonds is 10. The number of nitrogens with one attached hydrogen (secondary N) is 1. The molecule has 1 aliphatic carbocycles. The van der Waals surface area contributed by atoms with Crippen molar-refractivity contribution in [2.75, 3.05) is 6.61 Å². The number of aliphatic carboxylic acids is 1. The van der Waals surface area contributed by atoms with E-state index in [4.69, 9.17) is 9.47 Å². The van der Waals surface area contributed by atoms with E-state index in [9.17, 15) is 14.7 Å². The first-order valence-electron chi connectivity index (χ1n) is 12.4. The van der Waals surface area contributed by atoms with Crippen LogP contribution in [0.1, 0.15) is 54.9 Å². The van der Waals surface area contributed by atoms with Crippen LogP contribution in [0.5, 0.6) is 5.75 Å². The summed E-state index contributed by atoms with van der Waals surface area (Å²) in [5, 5.41) is 14.3. The Morgan fingerprint density at radius 3 is 2.43 bits per heavy atom. The van der Waals surface area contributed by atoms with E-state index >= 15 is 0 Å². The van der Waals surface area contributed by atoms with Crippen LogP contribution in [0.25, 0.3) is 10.8 Å². The van der Waals surface area contributed by atoms with Crippen molar-refractivity contribution in [3.05, 3.63) is 77.9 Å². The van der Waals surface area contributed by atoms with Crippen molar-refractivity contribution >= 4 is 22.6 Å². The lowest BCUT2D eigenvalue weighted by atomic mass is 9.90. The molecule has 0 unspecified atom stereocenters. The van der Waals surface area contributed by atoms with Gasteiger partial charge in [0.25, 0.3) is 5.91 Å². The molecule has 3 aromatic carbocycles. The number of carboxylic acid groups (broad SMARTS) is 1. The molecule has 0 saturated heterocycles. The van der Waals surface area contributed by atoms with Crippen LogP contribution in [0.2, 0.25) is 0 Å². The number of hydrogen-bond acceptors (Lipinski definition) is 4. The Balaban J connectivity index is 1.52. The standard InChI is InChI=1S/C29H33NO5/c1-20(34-18-21-10-4-2-5-11-21)26(29(32)33)30-28(31)25-17-16-23-14-8-9-15-24(23)27(25)35-19-22-12-6-3-7-13-22/h2,4-5,8-11,14-17,20,22,26H,3,6-7,12-13,18-19H2,1H3,(H,30,31)(H,32,33)/t20-,26+/m1/s1. The molecule has 184 valence electrons. The second kappa shape index (κ2) is 11.8. The third kappa shape index (κ3) is 6.40. The molecule has 0 bridgehead atoms. The summed E-state index contributed by atoms with van der Waals surface area (Å²) in [6.45, 7) is 2.46. The van der Waals surface area contributed by atoms with Crippen molar-refractivity contribution in [3.63, 3.8) is 0 Å². The average molecular weight is 476 g/mol. The van der Waals surface area contributed by atoms with Gasteiger partial charge < -0.3 is 19.9 Å². The van der Waals surface area contributed by atoms with Crippen molar-refractivity contribution in [1.29, 1.82) is 0 Å². The van der Waals surface area contributed by atoms with E-state index in [0.717, 1.165) is 29.2 Å². The summed E-state index contributed by atoms with van der Waals surface area (Å²) in [5.41, 5.74) is 1.27. The molecular formula is C29H33NO5. The van der Waals surface area contributed by atoms with Gasteiger partial charge in [0.15, 0.2) is 6.04 Å². The van der Waals surface area contributed by atoms with Crippen LogP contribution in [0.4, 0.5) is 0 Å². The van der Waals surface area contributed by atoms with Gasteiger partial charge in [-0.1, -0.05) is 79.9 Å². The lowest BCUT2D eigenvalue weighted by Gasteiger charge is -2.24. The Labute approximate surface area is 206 Å². The van der Waals surface area contributed by atoms with Crippen LogP contribution < -0.4 is 10.1 Å². The highest BCUT2D eigenvalue weighted by Gasteiger charge is 2.29. The molecule has 4 rings (SSSR count). The van der Waals surface area contributed by atoms with Crippen LogP contribution in [0.15, 0.2) is 66.7 Å². The fourth-order valence-electron chi connectivity index (χ4n) is 4.63. The van der Waals surface area contributed by atoms with E-state index in [1.165, 1.54) is 19.3 Å². The zero-order valence-corrected chi connectivity index (χ0v) is 20.1. The molecule has 0 heterocycles. The molecule has 6 nitrogen and oxygen atoms in total. The van der Waals surface area contributed by atoms with Crippen molar-refractivity contribution in [1.82, 2.24) is 5.32 Å². The first-order valence-corrected chi connectivity index (χ1v) is 12.4. The maximum Gasteiger partial charge on any atom is 0.328 e. The Morgan fingerprint density at radius 2 is 1.69 bits per heavy atom. The van der Waals surface area contributed by atoms with Gasteiger partial charge in [0.2, 0.25) is 0 Å². The number of carboxylic acids is 1. The summed E-state index contributed by atoms with van der Waals surface area (Å²) < 4.78 is 12.1. The van der Waals surface area contributed by atoms with Gasteiger partial charge in [-0.3, -0.25) is 4.79 Å². The molecule has 1 saturated carbocycles. The van der Waals surface area contributed by atoms with Crippen LogP contribution in [0.3, 0.4) is 0 Å². The first-order chi connectivity index (χ1) is 17.0. The minimum Gasteiger partial charge on any atom is -0.492 e. The number of benzene rings is 3. The van der Waals surface area contributed by atoms with Gasteiger partial charge in [-0.25, -0.2) is 4.79 Å². The van der Waals surface area contributed by atoms with Gasteiger partial charge in [-0.15, -0.1) is 0 Å². The molecule has 2 N–H and O–H groups in total. The Morgan fingerprint density at radius 1 is 0.971 bits per heavy atom.